The first-order valence-electron chi connectivity index (χ1n) is 6.61. The van der Waals surface area contributed by atoms with Gasteiger partial charge in [0.25, 0.3) is 0 Å². The first kappa shape index (κ1) is 12.6. The predicted octanol–water partition coefficient (Wildman–Crippen LogP) is 1.36. The van der Waals surface area contributed by atoms with Gasteiger partial charge in [-0.1, -0.05) is 6.92 Å². The van der Waals surface area contributed by atoms with Crippen LogP contribution in [0.2, 0.25) is 0 Å². The van der Waals surface area contributed by atoms with Crippen LogP contribution in [0.3, 0.4) is 0 Å². The quantitative estimate of drug-likeness (QED) is 0.830. The molecule has 17 heavy (non-hydrogen) atoms. The topological polar surface area (TPSA) is 57.9 Å². The molecule has 2 unspecified atom stereocenters. The Morgan fingerprint density at radius 3 is 3.18 bits per heavy atom. The van der Waals surface area contributed by atoms with Gasteiger partial charge in [0.1, 0.15) is 5.82 Å². The summed E-state index contributed by atoms with van der Waals surface area (Å²) in [6.07, 6.45) is 5.54. The first-order valence-corrected chi connectivity index (χ1v) is 6.61. The number of nitrogens with one attached hydrogen (secondary N) is 1. The lowest BCUT2D eigenvalue weighted by Crippen LogP contribution is -2.30. The van der Waals surface area contributed by atoms with Crippen LogP contribution in [-0.2, 0) is 6.42 Å². The van der Waals surface area contributed by atoms with Crippen molar-refractivity contribution in [3.63, 3.8) is 0 Å². The molecule has 2 atom stereocenters. The summed E-state index contributed by atoms with van der Waals surface area (Å²) in [5.41, 5.74) is 6.94. The number of hydrogen-bond donors (Lipinski definition) is 2. The summed E-state index contributed by atoms with van der Waals surface area (Å²) in [6, 6.07) is 0. The van der Waals surface area contributed by atoms with Crippen molar-refractivity contribution in [1.82, 2.24) is 14.9 Å². The molecule has 1 aromatic heterocycles. The smallest absolute Gasteiger partial charge is 0.106 e. The summed E-state index contributed by atoms with van der Waals surface area (Å²) in [7, 11) is 2.19. The number of H-pyrrole nitrogens is 1. The number of imidazole rings is 1. The van der Waals surface area contributed by atoms with Crippen LogP contribution >= 0.6 is 0 Å². The van der Waals surface area contributed by atoms with E-state index in [2.05, 4.69) is 28.8 Å². The Labute approximate surface area is 104 Å². The van der Waals surface area contributed by atoms with E-state index in [1.165, 1.54) is 25.1 Å². The third kappa shape index (κ3) is 3.30. The Balaban J connectivity index is 1.97. The van der Waals surface area contributed by atoms with Gasteiger partial charge in [-0.05, 0) is 38.9 Å². The maximum Gasteiger partial charge on any atom is 0.106 e. The molecule has 3 N–H and O–H groups in total. The minimum atomic E-state index is 0.503. The molecule has 1 aromatic rings. The molecule has 0 spiro atoms. The summed E-state index contributed by atoms with van der Waals surface area (Å²) < 4.78 is 0. The van der Waals surface area contributed by atoms with E-state index in [1.54, 1.807) is 0 Å². The number of aromatic amines is 1. The lowest BCUT2D eigenvalue weighted by molar-refractivity contribution is 0.248. The van der Waals surface area contributed by atoms with Gasteiger partial charge in [-0.15, -0.1) is 0 Å². The van der Waals surface area contributed by atoms with E-state index < -0.39 is 0 Å². The molecule has 0 amide bonds. The Bertz CT molecular complexity index is 347. The monoisotopic (exact) mass is 236 g/mol. The van der Waals surface area contributed by atoms with Crippen LogP contribution in [0.4, 0.5) is 0 Å². The molecule has 4 nitrogen and oxygen atoms in total. The third-order valence-corrected chi connectivity index (χ3v) is 3.66. The summed E-state index contributed by atoms with van der Waals surface area (Å²) in [5, 5.41) is 0. The lowest BCUT2D eigenvalue weighted by atomic mass is 9.96. The number of piperidine rings is 1. The fourth-order valence-corrected chi connectivity index (χ4v) is 2.52. The molecule has 0 radical (unpaired) electrons. The highest BCUT2D eigenvalue weighted by atomic mass is 15.1. The lowest BCUT2D eigenvalue weighted by Gasteiger charge is -2.28. The largest absolute Gasteiger partial charge is 0.346 e. The summed E-state index contributed by atoms with van der Waals surface area (Å²) >= 11 is 0. The molecule has 1 aliphatic heterocycles. The SMILES string of the molecule is CC(CN)Cc1ncc(C2CCCN(C)C2)[nH]1. The molecule has 2 heterocycles. The second-order valence-corrected chi connectivity index (χ2v) is 5.43. The van der Waals surface area contributed by atoms with Crippen LogP contribution in [0.5, 0.6) is 0 Å². The molecule has 1 aliphatic rings. The average molecular weight is 236 g/mol. The molecular formula is C13H24N4. The van der Waals surface area contributed by atoms with E-state index in [4.69, 9.17) is 5.73 Å². The van der Waals surface area contributed by atoms with Gasteiger partial charge in [0.05, 0.1) is 0 Å². The summed E-state index contributed by atoms with van der Waals surface area (Å²) in [4.78, 5) is 10.4. The molecule has 2 rings (SSSR count). The van der Waals surface area contributed by atoms with Crippen molar-refractivity contribution in [1.29, 1.82) is 0 Å². The van der Waals surface area contributed by atoms with Crippen LogP contribution in [-0.4, -0.2) is 41.5 Å². The molecule has 4 heteroatoms. The normalized spacial score (nSPS) is 23.8. The highest BCUT2D eigenvalue weighted by Gasteiger charge is 2.20. The van der Waals surface area contributed by atoms with Crippen molar-refractivity contribution in [3.05, 3.63) is 17.7 Å². The van der Waals surface area contributed by atoms with Gasteiger partial charge in [-0.3, -0.25) is 0 Å². The van der Waals surface area contributed by atoms with E-state index in [-0.39, 0.29) is 0 Å². The maximum atomic E-state index is 5.64. The van der Waals surface area contributed by atoms with Gasteiger partial charge in [0, 0.05) is 30.8 Å². The van der Waals surface area contributed by atoms with Crippen molar-refractivity contribution in [3.8, 4) is 0 Å². The molecule has 0 aliphatic carbocycles. The van der Waals surface area contributed by atoms with Crippen LogP contribution in [0.15, 0.2) is 6.20 Å². The standard InChI is InChI=1S/C13H24N4/c1-10(7-14)6-13-15-8-12(16-13)11-4-3-5-17(2)9-11/h8,10-11H,3-7,9,14H2,1-2H3,(H,15,16). The van der Waals surface area contributed by atoms with E-state index >= 15 is 0 Å². The molecule has 0 saturated carbocycles. The van der Waals surface area contributed by atoms with E-state index in [9.17, 15) is 0 Å². The fraction of sp³-hybridized carbons (Fsp3) is 0.769. The first-order chi connectivity index (χ1) is 8.19. The Hall–Kier alpha value is -0.870. The average Bonchev–Trinajstić information content (AvgIpc) is 2.77. The zero-order valence-corrected chi connectivity index (χ0v) is 10.9. The summed E-state index contributed by atoms with van der Waals surface area (Å²) in [5.74, 6) is 2.22. The molecule has 0 bridgehead atoms. The van der Waals surface area contributed by atoms with Crippen LogP contribution in [0.25, 0.3) is 0 Å². The van der Waals surface area contributed by atoms with E-state index in [1.807, 2.05) is 6.20 Å². The minimum Gasteiger partial charge on any atom is -0.346 e. The Kier molecular flexibility index (Phi) is 4.18. The number of likely N-dealkylation sites (N-methyl/N-ethyl adjacent to an activating group) is 1. The van der Waals surface area contributed by atoms with Gasteiger partial charge >= 0.3 is 0 Å². The maximum absolute atomic E-state index is 5.64. The number of aromatic nitrogens is 2. The number of rotatable bonds is 4. The molecule has 96 valence electrons. The van der Waals surface area contributed by atoms with E-state index in [0.29, 0.717) is 11.8 Å². The zero-order chi connectivity index (χ0) is 12.3. The zero-order valence-electron chi connectivity index (χ0n) is 10.9. The van der Waals surface area contributed by atoms with Crippen LogP contribution in [0, 0.1) is 5.92 Å². The number of nitrogens with two attached hydrogens (primary N) is 1. The van der Waals surface area contributed by atoms with Crippen LogP contribution < -0.4 is 5.73 Å². The molecule has 1 fully saturated rings. The number of likely N-dealkylation sites (tertiary alicyclic amines) is 1. The Morgan fingerprint density at radius 2 is 2.47 bits per heavy atom. The van der Waals surface area contributed by atoms with Crippen molar-refractivity contribution in [2.24, 2.45) is 11.7 Å². The van der Waals surface area contributed by atoms with Crippen molar-refractivity contribution in [2.75, 3.05) is 26.7 Å². The second kappa shape index (κ2) is 5.65. The number of nitrogens with zero attached hydrogens (tertiary/aromatic N) is 2. The van der Waals surface area contributed by atoms with Gasteiger partial charge < -0.3 is 15.6 Å². The van der Waals surface area contributed by atoms with Gasteiger partial charge in [-0.25, -0.2) is 4.98 Å². The fourth-order valence-electron chi connectivity index (χ4n) is 2.52. The van der Waals surface area contributed by atoms with Crippen molar-refractivity contribution >= 4 is 0 Å². The Morgan fingerprint density at radius 1 is 1.65 bits per heavy atom. The molecule has 0 aromatic carbocycles. The second-order valence-electron chi connectivity index (χ2n) is 5.43. The van der Waals surface area contributed by atoms with Gasteiger partial charge in [0.15, 0.2) is 0 Å². The van der Waals surface area contributed by atoms with Crippen molar-refractivity contribution < 1.29 is 0 Å². The van der Waals surface area contributed by atoms with Crippen LogP contribution in [0.1, 0.15) is 37.2 Å². The van der Waals surface area contributed by atoms with Gasteiger partial charge in [0.2, 0.25) is 0 Å². The predicted molar refractivity (Wildman–Crippen MR) is 70.0 cm³/mol. The van der Waals surface area contributed by atoms with Crippen molar-refractivity contribution in [2.45, 2.75) is 32.1 Å². The highest BCUT2D eigenvalue weighted by Crippen LogP contribution is 2.24. The van der Waals surface area contributed by atoms with Gasteiger partial charge in [-0.2, -0.15) is 0 Å². The third-order valence-electron chi connectivity index (χ3n) is 3.66. The molecular weight excluding hydrogens is 212 g/mol. The molecule has 1 saturated heterocycles. The summed E-state index contributed by atoms with van der Waals surface area (Å²) in [6.45, 7) is 5.26. The highest BCUT2D eigenvalue weighted by molar-refractivity contribution is 5.09. The number of hydrogen-bond acceptors (Lipinski definition) is 3. The minimum absolute atomic E-state index is 0.503. The van der Waals surface area contributed by atoms with E-state index in [0.717, 1.165) is 25.3 Å².